The lowest BCUT2D eigenvalue weighted by atomic mass is 9.78. The predicted molar refractivity (Wildman–Crippen MR) is 102 cm³/mol. The average Bonchev–Trinajstić information content (AvgIpc) is 3.30. The molecule has 3 aliphatic rings. The van der Waals surface area contributed by atoms with Crippen molar-refractivity contribution in [3.8, 4) is 11.3 Å². The van der Waals surface area contributed by atoms with Crippen LogP contribution >= 0.6 is 0 Å². The van der Waals surface area contributed by atoms with E-state index >= 15 is 0 Å². The number of aromatic amines is 1. The van der Waals surface area contributed by atoms with Gasteiger partial charge in [-0.3, -0.25) is 5.10 Å². The van der Waals surface area contributed by atoms with Gasteiger partial charge in [-0.25, -0.2) is 9.37 Å². The smallest absolute Gasteiger partial charge is 0.243 e. The van der Waals surface area contributed by atoms with Gasteiger partial charge in [0.1, 0.15) is 11.9 Å². The van der Waals surface area contributed by atoms with E-state index in [0.717, 1.165) is 43.4 Å². The van der Waals surface area contributed by atoms with Crippen molar-refractivity contribution in [3.05, 3.63) is 18.6 Å². The van der Waals surface area contributed by atoms with Crippen molar-refractivity contribution in [1.29, 1.82) is 0 Å². The molecule has 2 N–H and O–H groups in total. The third-order valence-corrected chi connectivity index (χ3v) is 5.90. The number of alkyl halides is 1. The van der Waals surface area contributed by atoms with Crippen molar-refractivity contribution >= 4 is 17.4 Å². The molecule has 6 rings (SSSR count). The molecular weight excluding hydrogens is 379 g/mol. The van der Waals surface area contributed by atoms with Crippen LogP contribution in [0.5, 0.6) is 0 Å². The van der Waals surface area contributed by atoms with Crippen molar-refractivity contribution in [2.75, 3.05) is 49.7 Å². The maximum atomic E-state index is 14.1. The third kappa shape index (κ3) is 2.76. The van der Waals surface area contributed by atoms with Gasteiger partial charge in [-0.15, -0.1) is 5.10 Å². The zero-order valence-electron chi connectivity index (χ0n) is 15.7. The third-order valence-electron chi connectivity index (χ3n) is 5.90. The second-order valence-electron chi connectivity index (χ2n) is 8.10. The molecule has 3 aromatic heterocycles. The minimum atomic E-state index is -1.08. The Hall–Kier alpha value is -2.79. The minimum absolute atomic E-state index is 0.0976. The summed E-state index contributed by atoms with van der Waals surface area (Å²) in [5, 5.41) is 14.7. The predicted octanol–water partition coefficient (Wildman–Crippen LogP) is 0.890. The molecule has 6 heterocycles. The zero-order chi connectivity index (χ0) is 19.4. The number of ether oxygens (including phenoxy) is 2. The van der Waals surface area contributed by atoms with Gasteiger partial charge in [-0.05, 0) is 6.42 Å². The van der Waals surface area contributed by atoms with E-state index in [4.69, 9.17) is 9.47 Å². The molecule has 29 heavy (non-hydrogen) atoms. The molecular formula is C18H21FN8O2. The summed E-state index contributed by atoms with van der Waals surface area (Å²) in [5.74, 6) is 1.26. The normalized spacial score (nSPS) is 25.8. The number of nitrogens with zero attached hydrogens (tertiary/aromatic N) is 6. The summed E-state index contributed by atoms with van der Waals surface area (Å²) in [6, 6.07) is -0.356. The second-order valence-corrected chi connectivity index (χ2v) is 8.10. The van der Waals surface area contributed by atoms with Crippen molar-refractivity contribution in [1.82, 2.24) is 29.8 Å². The van der Waals surface area contributed by atoms with Crippen LogP contribution in [0.3, 0.4) is 0 Å². The van der Waals surface area contributed by atoms with E-state index in [-0.39, 0.29) is 18.1 Å². The Morgan fingerprint density at radius 2 is 2.14 bits per heavy atom. The van der Waals surface area contributed by atoms with Crippen LogP contribution in [0.15, 0.2) is 18.6 Å². The molecule has 2 atom stereocenters. The van der Waals surface area contributed by atoms with Gasteiger partial charge in [0.25, 0.3) is 0 Å². The van der Waals surface area contributed by atoms with Crippen LogP contribution in [-0.2, 0) is 9.47 Å². The van der Waals surface area contributed by atoms with Crippen LogP contribution in [0.4, 0.5) is 16.2 Å². The molecule has 0 bridgehead atoms. The first kappa shape index (κ1) is 17.1. The monoisotopic (exact) mass is 400 g/mol. The summed E-state index contributed by atoms with van der Waals surface area (Å²) in [6.45, 7) is 3.97. The molecule has 0 saturated carbocycles. The van der Waals surface area contributed by atoms with Gasteiger partial charge >= 0.3 is 0 Å². The quantitative estimate of drug-likeness (QED) is 0.665. The van der Waals surface area contributed by atoms with Gasteiger partial charge in [0.15, 0.2) is 11.5 Å². The topological polar surface area (TPSA) is 105 Å². The fourth-order valence-electron chi connectivity index (χ4n) is 4.29. The largest absolute Gasteiger partial charge is 0.380 e. The first-order chi connectivity index (χ1) is 14.2. The summed E-state index contributed by atoms with van der Waals surface area (Å²) < 4.78 is 26.5. The highest BCUT2D eigenvalue weighted by Crippen LogP contribution is 2.42. The Morgan fingerprint density at radius 1 is 1.24 bits per heavy atom. The second kappa shape index (κ2) is 6.36. The number of hydrogen-bond donors (Lipinski definition) is 2. The first-order valence-corrected chi connectivity index (χ1v) is 9.77. The van der Waals surface area contributed by atoms with E-state index < -0.39 is 6.17 Å². The molecule has 0 aromatic carbocycles. The fraction of sp³-hybridized carbons (Fsp3) is 0.556. The first-order valence-electron chi connectivity index (χ1n) is 9.77. The summed E-state index contributed by atoms with van der Waals surface area (Å²) in [5.41, 5.74) is 2.52. The van der Waals surface area contributed by atoms with Gasteiger partial charge in [-0.1, -0.05) is 0 Å². The van der Waals surface area contributed by atoms with E-state index in [1.165, 1.54) is 0 Å². The molecule has 1 spiro atoms. The molecule has 0 amide bonds. The summed E-state index contributed by atoms with van der Waals surface area (Å²) in [4.78, 5) is 11.4. The summed E-state index contributed by atoms with van der Waals surface area (Å²) in [6.07, 6.45) is 4.74. The average molecular weight is 400 g/mol. The molecule has 3 aromatic rings. The maximum Gasteiger partial charge on any atom is 0.243 e. The molecule has 3 aliphatic heterocycles. The molecule has 0 radical (unpaired) electrons. The number of hydrogen-bond acceptors (Lipinski definition) is 8. The minimum Gasteiger partial charge on any atom is -0.380 e. The van der Waals surface area contributed by atoms with E-state index in [1.807, 2.05) is 6.20 Å². The molecule has 152 valence electrons. The number of aromatic nitrogens is 6. The highest BCUT2D eigenvalue weighted by atomic mass is 19.1. The Labute approximate surface area is 165 Å². The van der Waals surface area contributed by atoms with Gasteiger partial charge in [0.05, 0.1) is 43.7 Å². The van der Waals surface area contributed by atoms with E-state index in [0.29, 0.717) is 24.6 Å². The van der Waals surface area contributed by atoms with Gasteiger partial charge < -0.3 is 19.7 Å². The molecule has 0 aliphatic carbocycles. The van der Waals surface area contributed by atoms with Crippen LogP contribution < -0.4 is 10.2 Å². The van der Waals surface area contributed by atoms with Crippen molar-refractivity contribution < 1.29 is 13.9 Å². The summed E-state index contributed by atoms with van der Waals surface area (Å²) in [7, 11) is 0. The van der Waals surface area contributed by atoms with Gasteiger partial charge in [0, 0.05) is 31.5 Å². The molecule has 3 fully saturated rings. The number of rotatable bonds is 4. The van der Waals surface area contributed by atoms with Crippen molar-refractivity contribution in [3.63, 3.8) is 0 Å². The van der Waals surface area contributed by atoms with Crippen LogP contribution in [0.2, 0.25) is 0 Å². The van der Waals surface area contributed by atoms with Crippen LogP contribution in [0.25, 0.3) is 16.9 Å². The van der Waals surface area contributed by atoms with E-state index in [2.05, 4.69) is 35.5 Å². The molecule has 11 heteroatoms. The number of nitrogens with one attached hydrogen (secondary N) is 2. The molecule has 10 nitrogen and oxygen atoms in total. The van der Waals surface area contributed by atoms with Crippen LogP contribution in [0.1, 0.15) is 6.42 Å². The highest BCUT2D eigenvalue weighted by molar-refractivity contribution is 5.74. The number of halogens is 1. The Balaban J connectivity index is 1.38. The standard InChI is InChI=1S/C18H21FN8O2/c19-12-6-28-2-1-13(12)23-17-24-14-5-20-15(11-3-21-22-4-11)16(27(14)25-17)26-7-18(8-26)9-29-10-18/h3-5,12-13H,1-2,6-10H2,(H,21,22)(H,23,25). The highest BCUT2D eigenvalue weighted by Gasteiger charge is 2.50. The van der Waals surface area contributed by atoms with Crippen molar-refractivity contribution in [2.45, 2.75) is 18.6 Å². The van der Waals surface area contributed by atoms with Gasteiger partial charge in [0.2, 0.25) is 5.95 Å². The Morgan fingerprint density at radius 3 is 2.86 bits per heavy atom. The van der Waals surface area contributed by atoms with E-state index in [9.17, 15) is 4.39 Å². The van der Waals surface area contributed by atoms with Crippen LogP contribution in [0, 0.1) is 5.41 Å². The lowest BCUT2D eigenvalue weighted by Crippen LogP contribution is -2.66. The SMILES string of the molecule is FC1COCCC1Nc1nc2cnc(-c3cn[nH]c3)c(N3CC4(COC4)C3)n2n1. The lowest BCUT2D eigenvalue weighted by Gasteiger charge is -2.55. The van der Waals surface area contributed by atoms with E-state index in [1.54, 1.807) is 16.9 Å². The lowest BCUT2D eigenvalue weighted by molar-refractivity contribution is -0.127. The zero-order valence-corrected chi connectivity index (χ0v) is 15.7. The summed E-state index contributed by atoms with van der Waals surface area (Å²) >= 11 is 0. The number of fused-ring (bicyclic) bond motifs is 1. The van der Waals surface area contributed by atoms with Crippen LogP contribution in [-0.4, -0.2) is 81.5 Å². The Bertz CT molecular complexity index is 1030. The fourth-order valence-corrected chi connectivity index (χ4v) is 4.29. The molecule has 3 saturated heterocycles. The van der Waals surface area contributed by atoms with Crippen molar-refractivity contribution in [2.24, 2.45) is 5.41 Å². The maximum absolute atomic E-state index is 14.1. The Kier molecular flexibility index (Phi) is 3.75. The number of anilines is 2. The van der Waals surface area contributed by atoms with Gasteiger partial charge in [-0.2, -0.15) is 14.6 Å². The number of H-pyrrole nitrogens is 1. The molecule has 2 unspecified atom stereocenters.